The molecule has 0 saturated carbocycles. The third-order valence-corrected chi connectivity index (χ3v) is 22.6. The number of ether oxygens (including phenoxy) is 4. The van der Waals surface area contributed by atoms with Gasteiger partial charge in [0.1, 0.15) is 19.3 Å². The Balaban J connectivity index is 5.27. The summed E-state index contributed by atoms with van der Waals surface area (Å²) in [6.45, 7) is 9.74. The quantitative estimate of drug-likeness (QED) is 0.0222. The second-order valence-corrected chi connectivity index (χ2v) is 35.5. The van der Waals surface area contributed by atoms with Gasteiger partial charge in [-0.15, -0.1) is 0 Å². The highest BCUT2D eigenvalue weighted by Gasteiger charge is 2.30. The number of esters is 4. The van der Waals surface area contributed by atoms with Crippen molar-refractivity contribution >= 4 is 39.5 Å². The molecule has 0 aromatic carbocycles. The van der Waals surface area contributed by atoms with Crippen LogP contribution in [0.15, 0.2) is 0 Å². The van der Waals surface area contributed by atoms with Gasteiger partial charge < -0.3 is 33.8 Å². The van der Waals surface area contributed by atoms with Gasteiger partial charge in [-0.05, 0) is 37.5 Å². The van der Waals surface area contributed by atoms with E-state index in [1.54, 1.807) is 0 Å². The maximum atomic E-state index is 13.2. The average molecular weight is 1560 g/mol. The topological polar surface area (TPSA) is 237 Å². The molecule has 0 radical (unpaired) electrons. The molecule has 5 atom stereocenters. The average Bonchev–Trinajstić information content (AvgIpc) is 0.901. The molecule has 0 aromatic heterocycles. The first-order valence-corrected chi connectivity index (χ1v) is 48.5. The minimum atomic E-state index is -4.97. The summed E-state index contributed by atoms with van der Waals surface area (Å²) in [5, 5.41) is 10.7. The van der Waals surface area contributed by atoms with E-state index in [9.17, 15) is 43.2 Å². The molecule has 0 saturated heterocycles. The van der Waals surface area contributed by atoms with Crippen molar-refractivity contribution in [2.75, 3.05) is 39.6 Å². The van der Waals surface area contributed by atoms with Crippen molar-refractivity contribution in [3.63, 3.8) is 0 Å². The number of hydrogen-bond donors (Lipinski definition) is 3. The first-order valence-electron chi connectivity index (χ1n) is 45.5. The molecule has 2 unspecified atom stereocenters. The molecule has 0 bridgehead atoms. The second-order valence-electron chi connectivity index (χ2n) is 32.6. The van der Waals surface area contributed by atoms with Crippen LogP contribution in [0.2, 0.25) is 0 Å². The highest BCUT2D eigenvalue weighted by atomic mass is 31.2. The molecule has 0 fully saturated rings. The Labute approximate surface area is 658 Å². The van der Waals surface area contributed by atoms with Crippen molar-refractivity contribution < 1.29 is 80.2 Å². The molecule has 0 rings (SSSR count). The Hall–Kier alpha value is -1.94. The van der Waals surface area contributed by atoms with E-state index < -0.39 is 97.5 Å². The summed E-state index contributed by atoms with van der Waals surface area (Å²) in [5.41, 5.74) is 0. The van der Waals surface area contributed by atoms with Gasteiger partial charge in [0.25, 0.3) is 0 Å². The van der Waals surface area contributed by atoms with Crippen molar-refractivity contribution in [1.29, 1.82) is 0 Å². The molecular weight excluding hydrogens is 1390 g/mol. The number of aliphatic hydroxyl groups is 1. The number of phosphoric acid groups is 2. The molecule has 0 spiro atoms. The minimum absolute atomic E-state index is 0.108. The predicted octanol–water partition coefficient (Wildman–Crippen LogP) is 27.0. The van der Waals surface area contributed by atoms with Gasteiger partial charge in [-0.1, -0.05) is 420 Å². The molecule has 0 aliphatic heterocycles. The van der Waals surface area contributed by atoms with Gasteiger partial charge in [0.2, 0.25) is 0 Å². The summed E-state index contributed by atoms with van der Waals surface area (Å²) in [6, 6.07) is 0. The molecule has 107 heavy (non-hydrogen) atoms. The molecule has 19 heteroatoms. The zero-order valence-electron chi connectivity index (χ0n) is 70.5. The van der Waals surface area contributed by atoms with Crippen molar-refractivity contribution in [2.45, 2.75) is 490 Å². The molecule has 0 aliphatic rings. The number of unbranched alkanes of at least 4 members (excludes halogenated alkanes) is 57. The Morgan fingerprint density at radius 1 is 0.252 bits per heavy atom. The van der Waals surface area contributed by atoms with Gasteiger partial charge in [0.15, 0.2) is 12.2 Å². The standard InChI is InChI=1S/C88H172O17P2/c1-7-9-11-13-15-17-19-21-22-23-24-25-28-36-42-48-54-60-66-72-87(92)104-84(77-99-86(91)71-65-59-53-47-41-35-29-26-27-33-38-44-50-56-62-68-80(3)4)79-103-107(96,97)101-75-82(89)74-100-106(94,95)102-78-83(76-98-85(90)70-64-58-52-46-40-32-20-18-16-14-12-10-8-2)105-88(93)73-67-61-55-49-43-37-31-30-34-39-45-51-57-63-69-81(5)6/h80-84,89H,7-79H2,1-6H3,(H,94,95)(H,96,97)/t82-,83+,84+/m0/s1. The summed E-state index contributed by atoms with van der Waals surface area (Å²) in [6.07, 6.45) is 72.1. The van der Waals surface area contributed by atoms with Crippen molar-refractivity contribution in [2.24, 2.45) is 11.8 Å². The zero-order chi connectivity index (χ0) is 78.5. The van der Waals surface area contributed by atoms with Crippen LogP contribution in [0.4, 0.5) is 0 Å². The fourth-order valence-corrected chi connectivity index (χ4v) is 15.4. The lowest BCUT2D eigenvalue weighted by atomic mass is 10.0. The molecule has 0 aliphatic carbocycles. The van der Waals surface area contributed by atoms with Crippen LogP contribution in [0, 0.1) is 11.8 Å². The number of carbonyl (C=O) groups is 4. The minimum Gasteiger partial charge on any atom is -0.462 e. The zero-order valence-corrected chi connectivity index (χ0v) is 72.2. The lowest BCUT2D eigenvalue weighted by Gasteiger charge is -2.21. The van der Waals surface area contributed by atoms with Gasteiger partial charge in [-0.25, -0.2) is 9.13 Å². The molecular formula is C88H172O17P2. The number of phosphoric ester groups is 2. The van der Waals surface area contributed by atoms with Gasteiger partial charge in [0.05, 0.1) is 26.4 Å². The first-order chi connectivity index (χ1) is 51.9. The molecule has 3 N–H and O–H groups in total. The predicted molar refractivity (Wildman–Crippen MR) is 442 cm³/mol. The Morgan fingerprint density at radius 3 is 0.636 bits per heavy atom. The van der Waals surface area contributed by atoms with Crippen LogP contribution in [-0.2, 0) is 65.4 Å². The lowest BCUT2D eigenvalue weighted by molar-refractivity contribution is -0.161. The summed E-state index contributed by atoms with van der Waals surface area (Å²) in [7, 11) is -9.93. The van der Waals surface area contributed by atoms with Crippen LogP contribution in [0.3, 0.4) is 0 Å². The smallest absolute Gasteiger partial charge is 0.462 e. The number of carbonyl (C=O) groups excluding carboxylic acids is 4. The third kappa shape index (κ3) is 81.9. The molecule has 636 valence electrons. The molecule has 0 heterocycles. The van der Waals surface area contributed by atoms with E-state index in [0.717, 1.165) is 102 Å². The molecule has 17 nitrogen and oxygen atoms in total. The maximum absolute atomic E-state index is 13.2. The largest absolute Gasteiger partial charge is 0.472 e. The summed E-state index contributed by atoms with van der Waals surface area (Å²) < 4.78 is 69.0. The number of hydrogen-bond acceptors (Lipinski definition) is 15. The first kappa shape index (κ1) is 105. The van der Waals surface area contributed by atoms with E-state index in [1.165, 1.54) is 289 Å². The monoisotopic (exact) mass is 1560 g/mol. The van der Waals surface area contributed by atoms with E-state index in [2.05, 4.69) is 41.5 Å². The van der Waals surface area contributed by atoms with E-state index in [-0.39, 0.29) is 25.7 Å². The fourth-order valence-electron chi connectivity index (χ4n) is 13.8. The normalized spacial score (nSPS) is 13.8. The van der Waals surface area contributed by atoms with Gasteiger partial charge in [0, 0.05) is 25.7 Å². The van der Waals surface area contributed by atoms with Crippen LogP contribution in [0.25, 0.3) is 0 Å². The van der Waals surface area contributed by atoms with E-state index in [1.807, 2.05) is 0 Å². The number of rotatable bonds is 87. The SMILES string of the molecule is CCCCCCCCCCCCCCCCCCCCCC(=O)O[C@H](COC(=O)CCCCCCCCCCCCCCCCCC(C)C)COP(=O)(O)OC[C@@H](O)COP(=O)(O)OC[C@@H](COC(=O)CCCCCCCCCCCCCCC)OC(=O)CCCCCCCCCCCCCCCCC(C)C. The van der Waals surface area contributed by atoms with Crippen LogP contribution in [0.1, 0.15) is 472 Å². The second kappa shape index (κ2) is 79.3. The van der Waals surface area contributed by atoms with Crippen molar-refractivity contribution in [3.8, 4) is 0 Å². The maximum Gasteiger partial charge on any atom is 0.472 e. The van der Waals surface area contributed by atoms with Gasteiger partial charge >= 0.3 is 39.5 Å². The highest BCUT2D eigenvalue weighted by Crippen LogP contribution is 2.45. The van der Waals surface area contributed by atoms with Crippen LogP contribution >= 0.6 is 15.6 Å². The highest BCUT2D eigenvalue weighted by molar-refractivity contribution is 7.47. The van der Waals surface area contributed by atoms with Crippen LogP contribution in [-0.4, -0.2) is 96.7 Å². The van der Waals surface area contributed by atoms with Crippen molar-refractivity contribution in [1.82, 2.24) is 0 Å². The molecule has 0 amide bonds. The van der Waals surface area contributed by atoms with Crippen LogP contribution in [0.5, 0.6) is 0 Å². The van der Waals surface area contributed by atoms with Gasteiger partial charge in [-0.3, -0.25) is 37.3 Å². The third-order valence-electron chi connectivity index (χ3n) is 20.7. The summed E-state index contributed by atoms with van der Waals surface area (Å²) >= 11 is 0. The van der Waals surface area contributed by atoms with E-state index in [0.29, 0.717) is 25.7 Å². The van der Waals surface area contributed by atoms with E-state index >= 15 is 0 Å². The Morgan fingerprint density at radius 2 is 0.430 bits per heavy atom. The number of aliphatic hydroxyl groups excluding tert-OH is 1. The molecule has 0 aromatic rings. The van der Waals surface area contributed by atoms with Crippen LogP contribution < -0.4 is 0 Å². The fraction of sp³-hybridized carbons (Fsp3) is 0.955. The van der Waals surface area contributed by atoms with Crippen molar-refractivity contribution in [3.05, 3.63) is 0 Å². The summed E-state index contributed by atoms with van der Waals surface area (Å²) in [4.78, 5) is 73.4. The Kier molecular flexibility index (Phi) is 77.9. The lowest BCUT2D eigenvalue weighted by Crippen LogP contribution is -2.30. The van der Waals surface area contributed by atoms with Gasteiger partial charge in [-0.2, -0.15) is 0 Å². The van der Waals surface area contributed by atoms with E-state index in [4.69, 9.17) is 37.0 Å². The Bertz CT molecular complexity index is 2050. The summed E-state index contributed by atoms with van der Waals surface area (Å²) in [5.74, 6) is -0.495.